The lowest BCUT2D eigenvalue weighted by molar-refractivity contribution is -0.0392. The van der Waals surface area contributed by atoms with Gasteiger partial charge < -0.3 is 28.8 Å². The maximum atomic E-state index is 15.8. The van der Waals surface area contributed by atoms with E-state index in [1.54, 1.807) is 12.5 Å². The first-order valence-corrected chi connectivity index (χ1v) is 17.7. The van der Waals surface area contributed by atoms with Crippen LogP contribution < -0.4 is 9.46 Å². The van der Waals surface area contributed by atoms with Gasteiger partial charge in [-0.25, -0.2) is 9.37 Å². The van der Waals surface area contributed by atoms with Gasteiger partial charge in [-0.1, -0.05) is 30.3 Å². The highest BCUT2D eigenvalue weighted by atomic mass is 32.3. The van der Waals surface area contributed by atoms with Crippen LogP contribution in [0.3, 0.4) is 0 Å². The van der Waals surface area contributed by atoms with Crippen molar-refractivity contribution in [2.24, 2.45) is 0 Å². The maximum absolute atomic E-state index is 15.8. The lowest BCUT2D eigenvalue weighted by atomic mass is 9.98. The molecule has 11 heteroatoms. The van der Waals surface area contributed by atoms with Crippen LogP contribution in [0.5, 0.6) is 5.88 Å². The summed E-state index contributed by atoms with van der Waals surface area (Å²) in [6.07, 6.45) is 3.95. The number of aliphatic hydroxyl groups excluding tert-OH is 1. The van der Waals surface area contributed by atoms with E-state index in [2.05, 4.69) is 4.72 Å². The van der Waals surface area contributed by atoms with Crippen LogP contribution in [0.2, 0.25) is 0 Å². The zero-order valence-electron chi connectivity index (χ0n) is 25.0. The molecule has 0 amide bonds. The molecule has 2 aromatic carbocycles. The van der Waals surface area contributed by atoms with Gasteiger partial charge in [-0.15, -0.1) is 0 Å². The number of anilines is 1. The number of nitrogens with zero attached hydrogens (tertiary/aromatic N) is 2. The topological polar surface area (TPSA) is 104 Å². The minimum absolute atomic E-state index is 0.210. The smallest absolute Gasteiger partial charge is 0.198 e. The van der Waals surface area contributed by atoms with E-state index in [0.717, 1.165) is 41.6 Å². The second-order valence-corrected chi connectivity index (χ2v) is 15.2. The van der Waals surface area contributed by atoms with Gasteiger partial charge >= 0.3 is 0 Å². The van der Waals surface area contributed by atoms with E-state index in [1.165, 1.54) is 6.07 Å². The van der Waals surface area contributed by atoms with Crippen LogP contribution in [-0.2, 0) is 24.3 Å². The molecule has 0 aliphatic carbocycles. The van der Waals surface area contributed by atoms with Crippen molar-refractivity contribution in [1.29, 1.82) is 0 Å². The van der Waals surface area contributed by atoms with E-state index >= 15 is 4.39 Å². The highest BCUT2D eigenvalue weighted by molar-refractivity contribution is 8.02. The van der Waals surface area contributed by atoms with Gasteiger partial charge in [-0.2, -0.15) is 0 Å². The van der Waals surface area contributed by atoms with Crippen molar-refractivity contribution in [1.82, 2.24) is 9.55 Å². The van der Waals surface area contributed by atoms with Crippen LogP contribution in [0.4, 0.5) is 10.1 Å². The number of nitrogens with one attached hydrogen (secondary N) is 1. The van der Waals surface area contributed by atoms with Crippen LogP contribution in [0.25, 0.3) is 33.4 Å². The summed E-state index contributed by atoms with van der Waals surface area (Å²) < 4.78 is 57.0. The van der Waals surface area contributed by atoms with E-state index in [4.69, 9.17) is 23.9 Å². The lowest BCUT2D eigenvalue weighted by Crippen LogP contribution is -2.35. The molecule has 3 aliphatic rings. The van der Waals surface area contributed by atoms with Crippen LogP contribution in [0, 0.1) is 12.7 Å². The van der Waals surface area contributed by atoms with E-state index in [-0.39, 0.29) is 31.2 Å². The summed E-state index contributed by atoms with van der Waals surface area (Å²) in [6, 6.07) is 16.9. The van der Waals surface area contributed by atoms with E-state index < -0.39 is 34.2 Å². The van der Waals surface area contributed by atoms with E-state index in [9.17, 15) is 9.32 Å². The number of pyridine rings is 1. The van der Waals surface area contributed by atoms with Crippen LogP contribution in [0.15, 0.2) is 54.6 Å². The van der Waals surface area contributed by atoms with Gasteiger partial charge in [-0.05, 0) is 65.1 Å². The fourth-order valence-electron chi connectivity index (χ4n) is 6.49. The number of halogens is 1. The summed E-state index contributed by atoms with van der Waals surface area (Å²) in [5.41, 5.74) is 5.99. The van der Waals surface area contributed by atoms with Crippen molar-refractivity contribution < 1.29 is 32.7 Å². The van der Waals surface area contributed by atoms with E-state index in [1.807, 2.05) is 60.0 Å². The Bertz CT molecular complexity index is 1730. The summed E-state index contributed by atoms with van der Waals surface area (Å²) in [5, 5.41) is 10.2. The molecule has 3 fully saturated rings. The fourth-order valence-corrected chi connectivity index (χ4v) is 7.25. The van der Waals surface area contributed by atoms with Crippen molar-refractivity contribution in [2.75, 3.05) is 37.1 Å². The molecule has 2 aromatic heterocycles. The highest BCUT2D eigenvalue weighted by Gasteiger charge is 2.48. The van der Waals surface area contributed by atoms with Crippen molar-refractivity contribution in [3.8, 4) is 28.3 Å². The van der Waals surface area contributed by atoms with Gasteiger partial charge in [0.15, 0.2) is 17.8 Å². The molecule has 9 nitrogen and oxygen atoms in total. The predicted octanol–water partition coefficient (Wildman–Crippen LogP) is 5.03. The molecule has 0 saturated carbocycles. The molecule has 0 radical (unpaired) electrons. The monoisotopic (exact) mass is 623 g/mol. The van der Waals surface area contributed by atoms with Crippen molar-refractivity contribution >= 4 is 26.8 Å². The number of aryl methyl sites for hydroxylation is 1. The van der Waals surface area contributed by atoms with Crippen molar-refractivity contribution in [3.05, 3.63) is 66.0 Å². The molecule has 4 aromatic rings. The summed E-state index contributed by atoms with van der Waals surface area (Å²) in [4.78, 5) is 4.77. The molecule has 234 valence electrons. The van der Waals surface area contributed by atoms with Gasteiger partial charge in [0.05, 0.1) is 24.2 Å². The Balaban J connectivity index is 1.20. The van der Waals surface area contributed by atoms with Gasteiger partial charge in [0.2, 0.25) is 0 Å². The number of fused-ring (bicyclic) bond motifs is 2. The molecule has 0 bridgehead atoms. The quantitative estimate of drug-likeness (QED) is 0.248. The number of hydrogen-bond acceptors (Lipinski definition) is 7. The summed E-state index contributed by atoms with van der Waals surface area (Å²) in [5.74, 6) is 0.0788. The van der Waals surface area contributed by atoms with Gasteiger partial charge in [-0.3, -0.25) is 8.78 Å². The third-order valence-corrected chi connectivity index (χ3v) is 9.33. The number of aliphatic hydroxyl groups is 1. The van der Waals surface area contributed by atoms with Gasteiger partial charge in [0.1, 0.15) is 30.2 Å². The predicted molar refractivity (Wildman–Crippen MR) is 169 cm³/mol. The van der Waals surface area contributed by atoms with Crippen LogP contribution in [-0.4, -0.2) is 75.6 Å². The van der Waals surface area contributed by atoms with Gasteiger partial charge in [0, 0.05) is 42.5 Å². The molecule has 5 heterocycles. The Morgan fingerprint density at radius 2 is 1.77 bits per heavy atom. The Morgan fingerprint density at radius 1 is 1.00 bits per heavy atom. The molecule has 3 saturated heterocycles. The standard InChI is InChI=1S/C33H38FN3O6S/c1-19-14-22(36-44(2,3)39)11-12-23(19)20-7-9-21(10-8-20)31-24(34)15-26-25(35-31)16-30(37(26)29-6-4-5-13-40-29)43-28-18-42-32-27(38)17-41-33(28)32/h7-12,14-16,27-29,32-33,38,44H,4-6,13,17-18H2,1-3H3,(H,36,39)/t27-,28-,29?,32-,33-/m1/s1. The molecular formula is C33H38FN3O6S. The molecule has 5 atom stereocenters. The zero-order chi connectivity index (χ0) is 30.6. The lowest BCUT2D eigenvalue weighted by Gasteiger charge is -2.27. The molecular weight excluding hydrogens is 585 g/mol. The summed E-state index contributed by atoms with van der Waals surface area (Å²) >= 11 is 0. The summed E-state index contributed by atoms with van der Waals surface area (Å²) in [7, 11) is -2.41. The Labute approximate surface area is 256 Å². The fraction of sp³-hybridized carbons (Fsp3) is 0.424. The molecule has 2 N–H and O–H groups in total. The second kappa shape index (κ2) is 11.5. The van der Waals surface area contributed by atoms with Crippen LogP contribution in [0.1, 0.15) is 31.1 Å². The highest BCUT2D eigenvalue weighted by Crippen LogP contribution is 2.38. The third kappa shape index (κ3) is 5.63. The Morgan fingerprint density at radius 3 is 2.50 bits per heavy atom. The Hall–Kier alpha value is -3.35. The normalized spacial score (nSPS) is 25.7. The van der Waals surface area contributed by atoms with Crippen LogP contribution >= 0.6 is 0 Å². The molecule has 7 rings (SSSR count). The SMILES string of the molecule is Cc1cc(N[SH](C)(C)=O)ccc1-c1ccc(-c2nc3cc(O[C@@H]4CO[C@H]5[C@@H]4OC[C@H]5O)n(C4CCCCO4)c3cc2F)cc1. The Kier molecular flexibility index (Phi) is 7.70. The number of benzene rings is 2. The number of thiol groups is 1. The van der Waals surface area contributed by atoms with Crippen molar-refractivity contribution in [3.63, 3.8) is 0 Å². The first kappa shape index (κ1) is 29.4. The molecule has 3 aliphatic heterocycles. The third-order valence-electron chi connectivity index (χ3n) is 8.53. The largest absolute Gasteiger partial charge is 0.470 e. The first-order valence-electron chi connectivity index (χ1n) is 15.1. The minimum atomic E-state index is -2.41. The maximum Gasteiger partial charge on any atom is 0.198 e. The zero-order valence-corrected chi connectivity index (χ0v) is 25.9. The molecule has 1 unspecified atom stereocenters. The number of rotatable bonds is 7. The number of ether oxygens (including phenoxy) is 4. The molecule has 44 heavy (non-hydrogen) atoms. The van der Waals surface area contributed by atoms with E-state index in [0.29, 0.717) is 29.1 Å². The minimum Gasteiger partial charge on any atom is -0.470 e. The first-order chi connectivity index (χ1) is 21.1. The average molecular weight is 624 g/mol. The summed E-state index contributed by atoms with van der Waals surface area (Å²) in [6.45, 7) is 3.13. The van der Waals surface area contributed by atoms with Crippen molar-refractivity contribution in [2.45, 2.75) is 56.8 Å². The number of hydrogen-bond donors (Lipinski definition) is 3. The average Bonchev–Trinajstić information content (AvgIpc) is 3.67. The van der Waals surface area contributed by atoms with Gasteiger partial charge in [0.25, 0.3) is 0 Å². The molecule has 0 spiro atoms. The second-order valence-electron chi connectivity index (χ2n) is 12.3. The number of aromatic nitrogens is 2.